The molecule has 0 bridgehead atoms. The summed E-state index contributed by atoms with van der Waals surface area (Å²) in [5, 5.41) is 12.8. The van der Waals surface area contributed by atoms with Crippen molar-refractivity contribution in [3.05, 3.63) is 53.6 Å². The van der Waals surface area contributed by atoms with E-state index in [1.54, 1.807) is 4.90 Å². The molecule has 118 valence electrons. The van der Waals surface area contributed by atoms with Gasteiger partial charge >= 0.3 is 0 Å². The van der Waals surface area contributed by atoms with Crippen molar-refractivity contribution in [3.8, 4) is 5.75 Å². The quantitative estimate of drug-likeness (QED) is 0.850. The monoisotopic (exact) mass is 330 g/mol. The number of halogens is 1. The summed E-state index contributed by atoms with van der Waals surface area (Å²) < 4.78 is 0. The molecule has 3 rings (SSSR count). The lowest BCUT2D eigenvalue weighted by molar-refractivity contribution is -0.122. The van der Waals surface area contributed by atoms with Crippen LogP contribution in [0.3, 0.4) is 0 Å². The molecule has 0 unspecified atom stereocenters. The van der Waals surface area contributed by atoms with E-state index in [1.807, 2.05) is 30.3 Å². The summed E-state index contributed by atoms with van der Waals surface area (Å²) >= 11 is 5.86. The summed E-state index contributed by atoms with van der Waals surface area (Å²) in [6.07, 6.45) is 0.141. The van der Waals surface area contributed by atoms with Gasteiger partial charge in [0.05, 0.1) is 11.6 Å². The van der Waals surface area contributed by atoms with Gasteiger partial charge in [0.15, 0.2) is 0 Å². The Morgan fingerprint density at radius 1 is 1.22 bits per heavy atom. The normalized spacial score (nSPS) is 17.3. The Labute approximate surface area is 138 Å². The van der Waals surface area contributed by atoms with Gasteiger partial charge in [-0.15, -0.1) is 0 Å². The fraction of sp³-hybridized carbons (Fsp3) is 0.176. The lowest BCUT2D eigenvalue weighted by Crippen LogP contribution is -2.28. The molecule has 0 saturated carbocycles. The van der Waals surface area contributed by atoms with Crippen LogP contribution < -0.4 is 10.2 Å². The minimum atomic E-state index is -0.471. The first-order chi connectivity index (χ1) is 11.0. The Balaban J connectivity index is 1.72. The summed E-state index contributed by atoms with van der Waals surface area (Å²) in [6, 6.07) is 13.6. The topological polar surface area (TPSA) is 69.6 Å². The van der Waals surface area contributed by atoms with E-state index in [-0.39, 0.29) is 29.7 Å². The Morgan fingerprint density at radius 2 is 1.96 bits per heavy atom. The van der Waals surface area contributed by atoms with Crippen LogP contribution in [0.5, 0.6) is 5.75 Å². The highest BCUT2D eigenvalue weighted by Gasteiger charge is 2.35. The van der Waals surface area contributed by atoms with Gasteiger partial charge in [0, 0.05) is 23.7 Å². The number of phenols is 1. The van der Waals surface area contributed by atoms with Crippen molar-refractivity contribution in [1.29, 1.82) is 0 Å². The molecular weight excluding hydrogens is 316 g/mol. The minimum absolute atomic E-state index is 0.0630. The Hall–Kier alpha value is -2.53. The smallest absolute Gasteiger partial charge is 0.229 e. The molecule has 1 saturated heterocycles. The average Bonchev–Trinajstić information content (AvgIpc) is 2.94. The standard InChI is InChI=1S/C17H15ClN2O3/c18-12-6-7-15(21)14(9-12)19-17(23)11-8-16(22)20(10-11)13-4-2-1-3-5-13/h1-7,9,11,21H,8,10H2,(H,19,23)/t11-/m1/s1. The zero-order valence-corrected chi connectivity index (χ0v) is 13.0. The summed E-state index contributed by atoms with van der Waals surface area (Å²) in [7, 11) is 0. The van der Waals surface area contributed by atoms with Gasteiger partial charge in [0.2, 0.25) is 11.8 Å². The van der Waals surface area contributed by atoms with E-state index in [0.29, 0.717) is 11.6 Å². The maximum Gasteiger partial charge on any atom is 0.229 e. The number of nitrogens with zero attached hydrogens (tertiary/aromatic N) is 1. The lowest BCUT2D eigenvalue weighted by Gasteiger charge is -2.16. The fourth-order valence-corrected chi connectivity index (χ4v) is 2.76. The van der Waals surface area contributed by atoms with Crippen LogP contribution in [0.2, 0.25) is 5.02 Å². The molecule has 2 aromatic rings. The number of hydrogen-bond acceptors (Lipinski definition) is 3. The van der Waals surface area contributed by atoms with Crippen molar-refractivity contribution in [3.63, 3.8) is 0 Å². The molecule has 23 heavy (non-hydrogen) atoms. The predicted octanol–water partition coefficient (Wildman–Crippen LogP) is 3.04. The highest BCUT2D eigenvalue weighted by molar-refractivity contribution is 6.31. The van der Waals surface area contributed by atoms with E-state index in [2.05, 4.69) is 5.32 Å². The first-order valence-corrected chi connectivity index (χ1v) is 7.57. The Morgan fingerprint density at radius 3 is 2.70 bits per heavy atom. The molecule has 2 N–H and O–H groups in total. The zero-order valence-electron chi connectivity index (χ0n) is 12.2. The summed E-state index contributed by atoms with van der Waals surface area (Å²) in [4.78, 5) is 26.1. The second-order valence-corrected chi connectivity index (χ2v) is 5.83. The van der Waals surface area contributed by atoms with Gasteiger partial charge in [-0.05, 0) is 30.3 Å². The van der Waals surface area contributed by atoms with Crippen molar-refractivity contribution in [2.24, 2.45) is 5.92 Å². The Bertz CT molecular complexity index is 749. The van der Waals surface area contributed by atoms with Gasteiger partial charge in [0.25, 0.3) is 0 Å². The molecule has 1 heterocycles. The van der Waals surface area contributed by atoms with Crippen LogP contribution in [0, 0.1) is 5.92 Å². The van der Waals surface area contributed by atoms with Gasteiger partial charge < -0.3 is 15.3 Å². The van der Waals surface area contributed by atoms with Gasteiger partial charge in [-0.25, -0.2) is 0 Å². The van der Waals surface area contributed by atoms with Crippen LogP contribution in [0.1, 0.15) is 6.42 Å². The van der Waals surface area contributed by atoms with Gasteiger partial charge in [-0.2, -0.15) is 0 Å². The lowest BCUT2D eigenvalue weighted by atomic mass is 10.1. The van der Waals surface area contributed by atoms with Crippen LogP contribution in [0.15, 0.2) is 48.5 Å². The molecule has 6 heteroatoms. The second kappa shape index (κ2) is 6.30. The average molecular weight is 331 g/mol. The second-order valence-electron chi connectivity index (χ2n) is 5.39. The third-order valence-electron chi connectivity index (χ3n) is 3.78. The summed E-state index contributed by atoms with van der Waals surface area (Å²) in [5.74, 6) is -0.936. The maximum atomic E-state index is 12.4. The highest BCUT2D eigenvalue weighted by Crippen LogP contribution is 2.29. The number of anilines is 2. The van der Waals surface area contributed by atoms with E-state index < -0.39 is 5.92 Å². The van der Waals surface area contributed by atoms with Crippen LogP contribution in [0.4, 0.5) is 11.4 Å². The van der Waals surface area contributed by atoms with Gasteiger partial charge in [-0.1, -0.05) is 29.8 Å². The number of amides is 2. The van der Waals surface area contributed by atoms with E-state index in [0.717, 1.165) is 5.69 Å². The predicted molar refractivity (Wildman–Crippen MR) is 88.6 cm³/mol. The van der Waals surface area contributed by atoms with Crippen LogP contribution in [-0.4, -0.2) is 23.5 Å². The van der Waals surface area contributed by atoms with Crippen LogP contribution in [0.25, 0.3) is 0 Å². The summed E-state index contributed by atoms with van der Waals surface area (Å²) in [5.41, 5.74) is 1.02. The number of para-hydroxylation sites is 1. The number of nitrogens with one attached hydrogen (secondary N) is 1. The number of hydrogen-bond donors (Lipinski definition) is 2. The van der Waals surface area contributed by atoms with E-state index in [4.69, 9.17) is 11.6 Å². The zero-order chi connectivity index (χ0) is 16.4. The molecule has 0 radical (unpaired) electrons. The fourth-order valence-electron chi connectivity index (χ4n) is 2.58. The SMILES string of the molecule is O=C(Nc1cc(Cl)ccc1O)[C@@H]1CC(=O)N(c2ccccc2)C1. The first kappa shape index (κ1) is 15.4. The largest absolute Gasteiger partial charge is 0.506 e. The summed E-state index contributed by atoms with van der Waals surface area (Å²) in [6.45, 7) is 0.315. The van der Waals surface area contributed by atoms with Crippen molar-refractivity contribution in [2.75, 3.05) is 16.8 Å². The minimum Gasteiger partial charge on any atom is -0.506 e. The van der Waals surface area contributed by atoms with E-state index in [9.17, 15) is 14.7 Å². The molecule has 0 aliphatic carbocycles. The molecule has 1 aliphatic heterocycles. The van der Waals surface area contributed by atoms with Crippen molar-refractivity contribution in [1.82, 2.24) is 0 Å². The number of phenolic OH excluding ortho intramolecular Hbond substituents is 1. The Kier molecular flexibility index (Phi) is 4.21. The molecule has 2 aromatic carbocycles. The number of carbonyl (C=O) groups is 2. The molecule has 0 aromatic heterocycles. The molecule has 0 spiro atoms. The van der Waals surface area contributed by atoms with Crippen LogP contribution in [-0.2, 0) is 9.59 Å². The number of benzene rings is 2. The molecule has 5 nitrogen and oxygen atoms in total. The molecular formula is C17H15ClN2O3. The maximum absolute atomic E-state index is 12.4. The molecule has 1 aliphatic rings. The van der Waals surface area contributed by atoms with Crippen LogP contribution >= 0.6 is 11.6 Å². The number of carbonyl (C=O) groups excluding carboxylic acids is 2. The van der Waals surface area contributed by atoms with Crippen molar-refractivity contribution >= 4 is 34.8 Å². The highest BCUT2D eigenvalue weighted by atomic mass is 35.5. The first-order valence-electron chi connectivity index (χ1n) is 7.19. The number of aromatic hydroxyl groups is 1. The molecule has 2 amide bonds. The van der Waals surface area contributed by atoms with E-state index >= 15 is 0 Å². The van der Waals surface area contributed by atoms with E-state index in [1.165, 1.54) is 18.2 Å². The van der Waals surface area contributed by atoms with Gasteiger partial charge in [-0.3, -0.25) is 9.59 Å². The third-order valence-corrected chi connectivity index (χ3v) is 4.02. The van der Waals surface area contributed by atoms with Crippen molar-refractivity contribution < 1.29 is 14.7 Å². The number of rotatable bonds is 3. The van der Waals surface area contributed by atoms with Gasteiger partial charge in [0.1, 0.15) is 5.75 Å². The molecule has 1 fully saturated rings. The van der Waals surface area contributed by atoms with Crippen molar-refractivity contribution in [2.45, 2.75) is 6.42 Å². The third kappa shape index (κ3) is 3.29. The molecule has 1 atom stereocenters.